The predicted molar refractivity (Wildman–Crippen MR) is 146 cm³/mol. The monoisotopic (exact) mass is 457 g/mol. The van der Waals surface area contributed by atoms with E-state index in [1.165, 1.54) is 89.2 Å². The van der Waals surface area contributed by atoms with Crippen LogP contribution in [0, 0.1) is 40.9 Å². The Balaban J connectivity index is 1.42. The van der Waals surface area contributed by atoms with Crippen molar-refractivity contribution in [3.63, 3.8) is 0 Å². The van der Waals surface area contributed by atoms with Gasteiger partial charge >= 0.3 is 0 Å². The lowest BCUT2D eigenvalue weighted by atomic mass is 9.53. The molecular formula is C33H47N. The molecule has 0 saturated heterocycles. The van der Waals surface area contributed by atoms with E-state index < -0.39 is 0 Å². The Morgan fingerprint density at radius 3 is 2.41 bits per heavy atom. The molecule has 0 N–H and O–H groups in total. The lowest BCUT2D eigenvalue weighted by Crippen LogP contribution is -2.44. The highest BCUT2D eigenvalue weighted by Crippen LogP contribution is 2.63. The Kier molecular flexibility index (Phi) is 7.44. The fourth-order valence-corrected chi connectivity index (χ4v) is 8.76. The van der Waals surface area contributed by atoms with Crippen molar-refractivity contribution >= 4 is 5.69 Å². The van der Waals surface area contributed by atoms with Crippen LogP contribution < -0.4 is 4.90 Å². The van der Waals surface area contributed by atoms with E-state index in [0.717, 1.165) is 30.8 Å². The largest absolute Gasteiger partial charge is 0.372 e. The van der Waals surface area contributed by atoms with Crippen LogP contribution in [0.3, 0.4) is 0 Å². The first-order valence-corrected chi connectivity index (χ1v) is 14.7. The normalized spacial score (nSPS) is 32.3. The van der Waals surface area contributed by atoms with Gasteiger partial charge in [0, 0.05) is 24.7 Å². The van der Waals surface area contributed by atoms with Crippen LogP contribution in [-0.2, 0) is 6.42 Å². The molecule has 0 amide bonds. The standard InChI is InChI=1S/C33H47N/c1-4-9-27-15-19-32-31-18-14-26-10-7-8-11-29(26)30(31)20-21-33(27,32)24-25-12-16-28(17-13-25)34(22-5-2)23-6-3/h12-13,16-17,26-27,31-32H,5-8,10-11,14-15,18-24H2,1-3H3/t26?,27-,31-,32+,33+/m1/s1. The Morgan fingerprint density at radius 1 is 0.882 bits per heavy atom. The van der Waals surface area contributed by atoms with Crippen LogP contribution in [0.4, 0.5) is 5.69 Å². The topological polar surface area (TPSA) is 3.24 Å². The molecule has 0 bridgehead atoms. The lowest BCUT2D eigenvalue weighted by Gasteiger charge is -2.51. The number of allylic oxidation sites excluding steroid dienone is 2. The second-order valence-corrected chi connectivity index (χ2v) is 11.9. The fourth-order valence-electron chi connectivity index (χ4n) is 8.76. The van der Waals surface area contributed by atoms with Gasteiger partial charge in [0.25, 0.3) is 0 Å². The molecule has 1 heteroatoms. The van der Waals surface area contributed by atoms with E-state index in [2.05, 4.69) is 61.8 Å². The third kappa shape index (κ3) is 4.36. The molecule has 0 aliphatic heterocycles. The summed E-state index contributed by atoms with van der Waals surface area (Å²) < 4.78 is 0. The summed E-state index contributed by atoms with van der Waals surface area (Å²) in [4.78, 5) is 2.56. The summed E-state index contributed by atoms with van der Waals surface area (Å²) in [7, 11) is 0. The minimum Gasteiger partial charge on any atom is -0.372 e. The Hall–Kier alpha value is -1.68. The molecule has 5 atom stereocenters. The molecule has 184 valence electrons. The van der Waals surface area contributed by atoms with Gasteiger partial charge in [0.1, 0.15) is 0 Å². The molecule has 3 saturated carbocycles. The van der Waals surface area contributed by atoms with Crippen LogP contribution in [0.25, 0.3) is 0 Å². The first-order chi connectivity index (χ1) is 16.7. The Bertz CT molecular complexity index is 922. The van der Waals surface area contributed by atoms with Crippen molar-refractivity contribution in [2.75, 3.05) is 18.0 Å². The van der Waals surface area contributed by atoms with Crippen LogP contribution in [0.1, 0.15) is 103 Å². The second-order valence-electron chi connectivity index (χ2n) is 11.9. The van der Waals surface area contributed by atoms with E-state index in [1.54, 1.807) is 5.56 Å². The van der Waals surface area contributed by atoms with Crippen molar-refractivity contribution in [1.82, 2.24) is 0 Å². The molecule has 1 unspecified atom stereocenters. The maximum atomic E-state index is 3.75. The number of benzene rings is 1. The summed E-state index contributed by atoms with van der Waals surface area (Å²) in [6.07, 6.45) is 17.9. The molecule has 1 nitrogen and oxygen atoms in total. The summed E-state index contributed by atoms with van der Waals surface area (Å²) in [5.74, 6) is 10.4. The molecular weight excluding hydrogens is 410 g/mol. The first-order valence-electron chi connectivity index (χ1n) is 14.7. The molecule has 5 rings (SSSR count). The van der Waals surface area contributed by atoms with Gasteiger partial charge in [0.15, 0.2) is 0 Å². The summed E-state index contributed by atoms with van der Waals surface area (Å²) in [5, 5.41) is 0. The van der Waals surface area contributed by atoms with Crippen LogP contribution >= 0.6 is 0 Å². The van der Waals surface area contributed by atoms with E-state index in [0.29, 0.717) is 11.3 Å². The molecule has 34 heavy (non-hydrogen) atoms. The molecule has 0 spiro atoms. The zero-order chi connectivity index (χ0) is 23.5. The average Bonchev–Trinajstić information content (AvgIpc) is 3.22. The van der Waals surface area contributed by atoms with Crippen molar-refractivity contribution in [1.29, 1.82) is 0 Å². The molecule has 4 aliphatic rings. The third-order valence-corrected chi connectivity index (χ3v) is 10.1. The Morgan fingerprint density at radius 2 is 1.68 bits per heavy atom. The van der Waals surface area contributed by atoms with E-state index in [9.17, 15) is 0 Å². The summed E-state index contributed by atoms with van der Waals surface area (Å²) >= 11 is 0. The first kappa shape index (κ1) is 24.0. The minimum atomic E-state index is 0.396. The fraction of sp³-hybridized carbons (Fsp3) is 0.697. The number of fused-ring (bicyclic) bond motifs is 4. The average molecular weight is 458 g/mol. The van der Waals surface area contributed by atoms with Crippen molar-refractivity contribution in [3.05, 3.63) is 41.0 Å². The van der Waals surface area contributed by atoms with Crippen LogP contribution in [-0.4, -0.2) is 13.1 Å². The smallest absolute Gasteiger partial charge is 0.0366 e. The number of rotatable bonds is 7. The van der Waals surface area contributed by atoms with Crippen LogP contribution in [0.15, 0.2) is 35.4 Å². The van der Waals surface area contributed by atoms with Gasteiger partial charge in [-0.25, -0.2) is 0 Å². The number of hydrogen-bond donors (Lipinski definition) is 0. The van der Waals surface area contributed by atoms with E-state index in [-0.39, 0.29) is 0 Å². The maximum absolute atomic E-state index is 3.75. The van der Waals surface area contributed by atoms with E-state index in [4.69, 9.17) is 0 Å². The quantitative estimate of drug-likeness (QED) is 0.293. The van der Waals surface area contributed by atoms with Crippen LogP contribution in [0.5, 0.6) is 0 Å². The van der Waals surface area contributed by atoms with Gasteiger partial charge in [-0.15, -0.1) is 5.92 Å². The highest BCUT2D eigenvalue weighted by Gasteiger charge is 2.55. The van der Waals surface area contributed by atoms with Gasteiger partial charge < -0.3 is 4.90 Å². The molecule has 3 fully saturated rings. The van der Waals surface area contributed by atoms with E-state index in [1.807, 2.05) is 11.1 Å². The molecule has 0 heterocycles. The van der Waals surface area contributed by atoms with Gasteiger partial charge in [-0.05, 0) is 125 Å². The van der Waals surface area contributed by atoms with Gasteiger partial charge in [-0.3, -0.25) is 0 Å². The maximum Gasteiger partial charge on any atom is 0.0366 e. The summed E-state index contributed by atoms with van der Waals surface area (Å²) in [6.45, 7) is 8.97. The third-order valence-electron chi connectivity index (χ3n) is 10.1. The number of nitrogens with zero attached hydrogens (tertiary/aromatic N) is 1. The zero-order valence-corrected chi connectivity index (χ0v) is 22.2. The molecule has 1 aromatic carbocycles. The van der Waals surface area contributed by atoms with Crippen molar-refractivity contribution in [2.24, 2.45) is 29.1 Å². The summed E-state index contributed by atoms with van der Waals surface area (Å²) in [6, 6.07) is 9.73. The van der Waals surface area contributed by atoms with E-state index >= 15 is 0 Å². The van der Waals surface area contributed by atoms with Crippen LogP contribution in [0.2, 0.25) is 0 Å². The minimum absolute atomic E-state index is 0.396. The number of hydrogen-bond acceptors (Lipinski definition) is 1. The van der Waals surface area contributed by atoms with Gasteiger partial charge in [-0.2, -0.15) is 0 Å². The highest BCUT2D eigenvalue weighted by atomic mass is 15.1. The van der Waals surface area contributed by atoms with Crippen molar-refractivity contribution < 1.29 is 0 Å². The van der Waals surface area contributed by atoms with Crippen molar-refractivity contribution in [2.45, 2.75) is 104 Å². The van der Waals surface area contributed by atoms with Crippen molar-refractivity contribution in [3.8, 4) is 11.8 Å². The lowest BCUT2D eigenvalue weighted by molar-refractivity contribution is 0.0672. The van der Waals surface area contributed by atoms with Gasteiger partial charge in [0.2, 0.25) is 0 Å². The predicted octanol–water partition coefficient (Wildman–Crippen LogP) is 8.58. The zero-order valence-electron chi connectivity index (χ0n) is 22.2. The molecule has 0 aromatic heterocycles. The molecule has 4 aliphatic carbocycles. The molecule has 1 aromatic rings. The SMILES string of the molecule is CC#C[C@@H]1CC[C@H]2[C@@H]3CCC4CCCCC4=C3CC[C@]12Cc1ccc(N(CCC)CCC)cc1. The Labute approximate surface area is 209 Å². The number of anilines is 1. The summed E-state index contributed by atoms with van der Waals surface area (Å²) in [5.41, 5.74) is 7.25. The van der Waals surface area contributed by atoms with Gasteiger partial charge in [0.05, 0.1) is 0 Å². The van der Waals surface area contributed by atoms with Gasteiger partial charge in [-0.1, -0.05) is 49.5 Å². The highest BCUT2D eigenvalue weighted by molar-refractivity contribution is 5.48. The second kappa shape index (κ2) is 10.5. The molecule has 0 radical (unpaired) electrons.